The molecule has 3 rings (SSSR count). The van der Waals surface area contributed by atoms with Crippen LogP contribution < -0.4 is 5.32 Å². The number of halogens is 3. The number of rotatable bonds is 9. The van der Waals surface area contributed by atoms with E-state index in [0.717, 1.165) is 21.2 Å². The van der Waals surface area contributed by atoms with Crippen molar-refractivity contribution in [2.45, 2.75) is 32.4 Å². The highest BCUT2D eigenvalue weighted by Crippen LogP contribution is 2.24. The Labute approximate surface area is 213 Å². The van der Waals surface area contributed by atoms with Crippen LogP contribution in [0.3, 0.4) is 0 Å². The quantitative estimate of drug-likeness (QED) is 0.353. The van der Waals surface area contributed by atoms with E-state index in [2.05, 4.69) is 21.2 Å². The molecule has 0 spiro atoms. The fourth-order valence-electron chi connectivity index (χ4n) is 3.60. The third kappa shape index (κ3) is 7.32. The summed E-state index contributed by atoms with van der Waals surface area (Å²) in [5.74, 6) is -0.348. The van der Waals surface area contributed by atoms with Gasteiger partial charge in [-0.25, -0.2) is 0 Å². The third-order valence-electron chi connectivity index (χ3n) is 5.20. The molecule has 1 unspecified atom stereocenters. The van der Waals surface area contributed by atoms with Crippen LogP contribution in [0, 0.1) is 0 Å². The van der Waals surface area contributed by atoms with Gasteiger partial charge in [-0.05, 0) is 47.9 Å². The average molecular weight is 548 g/mol. The Morgan fingerprint density at radius 2 is 1.64 bits per heavy atom. The maximum absolute atomic E-state index is 13.6. The SMILES string of the molecule is CCNC(=O)C(Cc1ccccc1)N(Cc1cccc(Br)c1)C(=O)Cc1ccc(Cl)c(Cl)c1. The van der Waals surface area contributed by atoms with Gasteiger partial charge in [-0.3, -0.25) is 9.59 Å². The summed E-state index contributed by atoms with van der Waals surface area (Å²) in [6.45, 7) is 2.65. The van der Waals surface area contributed by atoms with E-state index in [0.29, 0.717) is 29.6 Å². The summed E-state index contributed by atoms with van der Waals surface area (Å²) in [5.41, 5.74) is 2.65. The molecule has 33 heavy (non-hydrogen) atoms. The molecule has 1 atom stereocenters. The lowest BCUT2D eigenvalue weighted by atomic mass is 10.0. The van der Waals surface area contributed by atoms with Gasteiger partial charge in [0.15, 0.2) is 0 Å². The summed E-state index contributed by atoms with van der Waals surface area (Å²) in [6.07, 6.45) is 0.517. The molecule has 172 valence electrons. The maximum Gasteiger partial charge on any atom is 0.243 e. The molecule has 0 saturated carbocycles. The second-order valence-electron chi connectivity index (χ2n) is 7.68. The van der Waals surface area contributed by atoms with E-state index >= 15 is 0 Å². The fraction of sp³-hybridized carbons (Fsp3) is 0.231. The van der Waals surface area contributed by atoms with Crippen LogP contribution in [0.2, 0.25) is 10.0 Å². The minimum atomic E-state index is -0.665. The van der Waals surface area contributed by atoms with E-state index in [4.69, 9.17) is 23.2 Å². The monoisotopic (exact) mass is 546 g/mol. The highest BCUT2D eigenvalue weighted by atomic mass is 79.9. The number of nitrogens with one attached hydrogen (secondary N) is 1. The van der Waals surface area contributed by atoms with Crippen LogP contribution >= 0.6 is 39.1 Å². The van der Waals surface area contributed by atoms with E-state index < -0.39 is 6.04 Å². The van der Waals surface area contributed by atoms with Gasteiger partial charge in [-0.1, -0.05) is 87.7 Å². The Morgan fingerprint density at radius 1 is 0.909 bits per heavy atom. The van der Waals surface area contributed by atoms with E-state index in [1.54, 1.807) is 23.1 Å². The van der Waals surface area contributed by atoms with Gasteiger partial charge in [0, 0.05) is 24.0 Å². The van der Waals surface area contributed by atoms with Crippen LogP contribution in [-0.2, 0) is 29.0 Å². The minimum absolute atomic E-state index is 0.107. The number of nitrogens with zero attached hydrogens (tertiary/aromatic N) is 1. The minimum Gasteiger partial charge on any atom is -0.355 e. The van der Waals surface area contributed by atoms with Gasteiger partial charge >= 0.3 is 0 Å². The highest BCUT2D eigenvalue weighted by molar-refractivity contribution is 9.10. The zero-order chi connectivity index (χ0) is 23.8. The van der Waals surface area contributed by atoms with Crippen molar-refractivity contribution in [2.75, 3.05) is 6.54 Å². The predicted octanol–water partition coefficient (Wildman–Crippen LogP) is 6.07. The Hall–Kier alpha value is -2.34. The molecule has 0 aliphatic rings. The summed E-state index contributed by atoms with van der Waals surface area (Å²) in [4.78, 5) is 28.4. The number of likely N-dealkylation sites (N-methyl/N-ethyl adjacent to an activating group) is 1. The standard InChI is InChI=1S/C26H25BrCl2N2O2/c1-2-30-26(33)24(15-18-7-4-3-5-8-18)31(17-20-9-6-10-21(27)13-20)25(32)16-19-11-12-22(28)23(29)14-19/h3-14,24H,2,15-17H2,1H3,(H,30,33). The molecule has 2 amide bonds. The molecule has 0 bridgehead atoms. The largest absolute Gasteiger partial charge is 0.355 e. The lowest BCUT2D eigenvalue weighted by molar-refractivity contribution is -0.140. The van der Waals surface area contributed by atoms with Crippen LogP contribution in [0.4, 0.5) is 0 Å². The molecule has 3 aromatic carbocycles. The molecule has 0 aliphatic heterocycles. The van der Waals surface area contributed by atoms with Crippen LogP contribution in [-0.4, -0.2) is 29.3 Å². The number of amides is 2. The maximum atomic E-state index is 13.6. The first kappa shape index (κ1) is 25.3. The molecule has 0 fully saturated rings. The van der Waals surface area contributed by atoms with Gasteiger partial charge in [-0.2, -0.15) is 0 Å². The number of carbonyl (C=O) groups excluding carboxylic acids is 2. The molecule has 0 radical (unpaired) electrons. The zero-order valence-electron chi connectivity index (χ0n) is 18.2. The average Bonchev–Trinajstić information content (AvgIpc) is 2.79. The molecule has 0 heterocycles. The number of carbonyl (C=O) groups is 2. The smallest absolute Gasteiger partial charge is 0.243 e. The predicted molar refractivity (Wildman–Crippen MR) is 137 cm³/mol. The second-order valence-corrected chi connectivity index (χ2v) is 9.41. The van der Waals surface area contributed by atoms with Crippen LogP contribution in [0.5, 0.6) is 0 Å². The number of hydrogen-bond acceptors (Lipinski definition) is 2. The van der Waals surface area contributed by atoms with Gasteiger partial charge in [0.2, 0.25) is 11.8 Å². The summed E-state index contributed by atoms with van der Waals surface area (Å²) in [7, 11) is 0. The number of hydrogen-bond donors (Lipinski definition) is 1. The fourth-order valence-corrected chi connectivity index (χ4v) is 4.37. The number of benzene rings is 3. The Balaban J connectivity index is 1.96. The van der Waals surface area contributed by atoms with Crippen molar-refractivity contribution in [3.05, 3.63) is 104 Å². The second kappa shape index (κ2) is 12.2. The van der Waals surface area contributed by atoms with Gasteiger partial charge in [0.1, 0.15) is 6.04 Å². The van der Waals surface area contributed by atoms with Gasteiger partial charge in [0.05, 0.1) is 16.5 Å². The third-order valence-corrected chi connectivity index (χ3v) is 6.44. The first-order valence-corrected chi connectivity index (χ1v) is 12.2. The van der Waals surface area contributed by atoms with Crippen molar-refractivity contribution in [1.82, 2.24) is 10.2 Å². The van der Waals surface area contributed by atoms with Crippen molar-refractivity contribution in [2.24, 2.45) is 0 Å². The zero-order valence-corrected chi connectivity index (χ0v) is 21.3. The molecule has 3 aromatic rings. The van der Waals surface area contributed by atoms with Gasteiger partial charge in [0.25, 0.3) is 0 Å². The highest BCUT2D eigenvalue weighted by Gasteiger charge is 2.30. The van der Waals surface area contributed by atoms with Crippen molar-refractivity contribution < 1.29 is 9.59 Å². The van der Waals surface area contributed by atoms with Crippen molar-refractivity contribution in [1.29, 1.82) is 0 Å². The normalized spacial score (nSPS) is 11.6. The Bertz CT molecular complexity index is 1110. The summed E-state index contributed by atoms with van der Waals surface area (Å²) in [6, 6.07) is 21.9. The Morgan fingerprint density at radius 3 is 2.30 bits per heavy atom. The van der Waals surface area contributed by atoms with Crippen LogP contribution in [0.25, 0.3) is 0 Å². The molecule has 0 aliphatic carbocycles. The van der Waals surface area contributed by atoms with Crippen LogP contribution in [0.1, 0.15) is 23.6 Å². The van der Waals surface area contributed by atoms with Crippen LogP contribution in [0.15, 0.2) is 77.3 Å². The van der Waals surface area contributed by atoms with E-state index in [1.807, 2.05) is 61.5 Å². The van der Waals surface area contributed by atoms with E-state index in [1.165, 1.54) is 0 Å². The Kier molecular flexibility index (Phi) is 9.36. The molecular formula is C26H25BrCl2N2O2. The molecular weight excluding hydrogens is 523 g/mol. The molecule has 0 aromatic heterocycles. The first-order chi connectivity index (χ1) is 15.9. The van der Waals surface area contributed by atoms with Crippen molar-refractivity contribution in [3.63, 3.8) is 0 Å². The summed E-state index contributed by atoms with van der Waals surface area (Å²) < 4.78 is 0.912. The van der Waals surface area contributed by atoms with E-state index in [9.17, 15) is 9.59 Å². The lowest BCUT2D eigenvalue weighted by Crippen LogP contribution is -2.50. The first-order valence-electron chi connectivity index (χ1n) is 10.7. The summed E-state index contributed by atoms with van der Waals surface area (Å²) in [5, 5.41) is 3.73. The van der Waals surface area contributed by atoms with Crippen molar-refractivity contribution in [3.8, 4) is 0 Å². The van der Waals surface area contributed by atoms with Gasteiger partial charge in [-0.15, -0.1) is 0 Å². The summed E-state index contributed by atoms with van der Waals surface area (Å²) >= 11 is 15.7. The molecule has 0 saturated heterocycles. The molecule has 7 heteroatoms. The lowest BCUT2D eigenvalue weighted by Gasteiger charge is -2.31. The molecule has 4 nitrogen and oxygen atoms in total. The van der Waals surface area contributed by atoms with E-state index in [-0.39, 0.29) is 18.2 Å². The van der Waals surface area contributed by atoms with Crippen molar-refractivity contribution >= 4 is 50.9 Å². The molecule has 1 N–H and O–H groups in total. The topological polar surface area (TPSA) is 49.4 Å². The van der Waals surface area contributed by atoms with Gasteiger partial charge < -0.3 is 10.2 Å².